The van der Waals surface area contributed by atoms with Gasteiger partial charge in [-0.1, -0.05) is 50.6 Å². The number of aliphatic carboxylic acids is 6. The first-order valence-corrected chi connectivity index (χ1v) is 34.8. The molecule has 568 valence electrons. The number of nitrogens with two attached hydrogens (primary N) is 4. The Hall–Kier alpha value is -10.7. The summed E-state index contributed by atoms with van der Waals surface area (Å²) in [4.78, 5) is 99.5. The Kier molecular flexibility index (Phi) is 35.0. The Morgan fingerprint density at radius 1 is 0.405 bits per heavy atom. The molecule has 10 rings (SSSR count). The number of hydrogen-bond acceptors (Lipinski definition) is 20. The first-order chi connectivity index (χ1) is 51.1. The van der Waals surface area contributed by atoms with E-state index in [0.717, 1.165) is 145 Å². The number of fused-ring (bicyclic) bond motifs is 16. The van der Waals surface area contributed by atoms with Gasteiger partial charge in [0.25, 0.3) is 0 Å². The molecule has 0 amide bonds. The average Bonchev–Trinajstić information content (AvgIpc) is 1.62. The van der Waals surface area contributed by atoms with Crippen LogP contribution in [0.4, 0.5) is 0 Å². The van der Waals surface area contributed by atoms with Crippen LogP contribution in [0.5, 0.6) is 0 Å². The second-order valence-corrected chi connectivity index (χ2v) is 26.2. The van der Waals surface area contributed by atoms with Crippen LogP contribution in [0.25, 0.3) is 101 Å². The summed E-state index contributed by atoms with van der Waals surface area (Å²) in [5.41, 5.74) is 46.8. The molecule has 31 heteroatoms. The SMILES string of the molecule is C=CC1=C(C)c2cc3[nH]c(cc4nc(cc5[nH]c(cc1n2)c(C)c5CCC(=O)[O-])C(CCC(=O)[O-])=C4C)c(C)c3C=C.C=CC1=C(C)c2cc3[nH]c(cc4nc(cc5[nH]c(cc1n2)c(C)c5CCC(=O)[O-])C(CCC(=O)[O-])=C4C)c(C)c3C=C.N=C(N)NCCC[C@H](N)C(=O)[O-].N=C(N)NCCC[C@H](N)C(=O)[O-].[Zn+2].[Zn+2].[Zn+2]. The number of aryl methyl sites for hydroxylation is 6. The number of carboxylic acid groups (broad SMARTS) is 6. The molecule has 111 heavy (non-hydrogen) atoms. The third-order valence-electron chi connectivity index (χ3n) is 19.0. The third-order valence-corrected chi connectivity index (χ3v) is 19.0. The van der Waals surface area contributed by atoms with E-state index in [1.807, 2.05) is 116 Å². The summed E-state index contributed by atoms with van der Waals surface area (Å²) in [5, 5.41) is 84.4. The zero-order chi connectivity index (χ0) is 79.7. The Morgan fingerprint density at radius 2 is 0.676 bits per heavy atom. The van der Waals surface area contributed by atoms with Gasteiger partial charge in [-0.15, -0.1) is 0 Å². The third kappa shape index (κ3) is 23.7. The number of nitrogens with one attached hydrogen (secondary N) is 8. The number of guanidine groups is 2. The first-order valence-electron chi connectivity index (χ1n) is 34.8. The molecule has 0 saturated carbocycles. The van der Waals surface area contributed by atoms with Gasteiger partial charge in [0.05, 0.1) is 57.5 Å². The van der Waals surface area contributed by atoms with Crippen molar-refractivity contribution in [2.45, 2.75) is 145 Å². The number of carbonyl (C=O) groups is 6. The molecule has 10 heterocycles. The summed E-state index contributed by atoms with van der Waals surface area (Å²) < 4.78 is 0. The minimum atomic E-state index is -1.25. The molecule has 4 aliphatic heterocycles. The summed E-state index contributed by atoms with van der Waals surface area (Å²) in [6, 6.07) is 13.7. The van der Waals surface area contributed by atoms with E-state index in [2.05, 4.69) is 56.9 Å². The zero-order valence-electron chi connectivity index (χ0n) is 63.9. The summed E-state index contributed by atoms with van der Waals surface area (Å²) in [6.07, 6.45) is 9.37. The standard InChI is InChI=1S/2C34H34N4O4.2C6H14N4O2.3Zn/c2*1-7-21-17(3)25-13-26-19(5)23(9-11-33(39)40)31(37-26)16-32-24(10-12-34(41)42)20(6)28(38-32)15-30-22(8-2)18(4)27(36-30)14-29(21)35-25;2*7-4(5(11)12)2-1-3-10-6(8)9;;;/h2*7-8,13-16,35,38H,1-2,9-12H2,3-6H3,(H,39,40)(H,41,42);2*4H,1-3,7H2,(H,11,12)(H4,8,9,10);;;/q;;;;3*+2/p-6/t;;2*4-;;;/m..00.../s1. The predicted molar refractivity (Wildman–Crippen MR) is 411 cm³/mol. The van der Waals surface area contributed by atoms with Crippen LogP contribution in [0.2, 0.25) is 0 Å². The summed E-state index contributed by atoms with van der Waals surface area (Å²) >= 11 is 0. The number of aromatic nitrogens is 8. The normalized spacial score (nSPS) is 12.5. The maximum Gasteiger partial charge on any atom is 2.00 e. The van der Waals surface area contributed by atoms with Crippen molar-refractivity contribution in [2.24, 2.45) is 22.9 Å². The number of carboxylic acids is 6. The van der Waals surface area contributed by atoms with E-state index in [1.54, 1.807) is 12.2 Å². The van der Waals surface area contributed by atoms with Gasteiger partial charge in [0.15, 0.2) is 11.9 Å². The van der Waals surface area contributed by atoms with Crippen molar-refractivity contribution >= 4 is 149 Å². The van der Waals surface area contributed by atoms with E-state index in [0.29, 0.717) is 72.6 Å². The molecule has 0 unspecified atom stereocenters. The summed E-state index contributed by atoms with van der Waals surface area (Å²) in [6.45, 7) is 32.8. The molecule has 0 radical (unpaired) electrons. The number of rotatable bonds is 26. The summed E-state index contributed by atoms with van der Waals surface area (Å²) in [7, 11) is 0. The smallest absolute Gasteiger partial charge is 0.550 e. The van der Waals surface area contributed by atoms with Crippen LogP contribution in [0.3, 0.4) is 0 Å². The molecule has 0 spiro atoms. The number of H-pyrrole nitrogens is 4. The number of nitrogens with zero attached hydrogens (tertiary/aromatic N) is 4. The number of carbonyl (C=O) groups excluding carboxylic acids is 6. The fourth-order valence-electron chi connectivity index (χ4n) is 12.8. The fourth-order valence-corrected chi connectivity index (χ4v) is 12.8. The minimum Gasteiger partial charge on any atom is -0.550 e. The number of hydrogen-bond donors (Lipinski definition) is 12. The first kappa shape index (κ1) is 92.7. The molecule has 6 aromatic heterocycles. The second kappa shape index (κ2) is 41.9. The van der Waals surface area contributed by atoms with Crippen LogP contribution < -0.4 is 64.2 Å². The molecule has 0 fully saturated rings. The fraction of sp³-hybridized carbons (Fsp3) is 0.300. The zero-order valence-corrected chi connectivity index (χ0v) is 72.8. The molecule has 16 bridgehead atoms. The van der Waals surface area contributed by atoms with Gasteiger partial charge in [0, 0.05) is 115 Å². The average molecular weight is 1660 g/mol. The second-order valence-electron chi connectivity index (χ2n) is 26.2. The topological polar surface area (TPSA) is 531 Å². The van der Waals surface area contributed by atoms with Crippen LogP contribution in [0, 0.1) is 38.5 Å². The molecule has 0 saturated heterocycles. The van der Waals surface area contributed by atoms with Gasteiger partial charge in [0.2, 0.25) is 0 Å². The van der Waals surface area contributed by atoms with Crippen molar-refractivity contribution in [1.82, 2.24) is 50.5 Å². The van der Waals surface area contributed by atoms with E-state index in [-0.39, 0.29) is 122 Å². The van der Waals surface area contributed by atoms with Gasteiger partial charge in [-0.25, -0.2) is 19.9 Å². The quantitative estimate of drug-likeness (QED) is 0.0156. The number of allylic oxidation sites excluding steroid dienone is 10. The van der Waals surface area contributed by atoms with Crippen LogP contribution in [0.1, 0.15) is 182 Å². The Morgan fingerprint density at radius 3 is 0.973 bits per heavy atom. The van der Waals surface area contributed by atoms with E-state index in [9.17, 15) is 59.4 Å². The van der Waals surface area contributed by atoms with Crippen molar-refractivity contribution in [3.8, 4) is 0 Å². The van der Waals surface area contributed by atoms with Gasteiger partial charge in [-0.3, -0.25) is 10.8 Å². The molecule has 0 aromatic carbocycles. The molecule has 0 aliphatic carbocycles. The van der Waals surface area contributed by atoms with Crippen molar-refractivity contribution < 1.29 is 118 Å². The number of aromatic amines is 4. The monoisotopic (exact) mass is 1660 g/mol. The van der Waals surface area contributed by atoms with Crippen molar-refractivity contribution in [1.29, 1.82) is 10.8 Å². The molecule has 6 aromatic rings. The van der Waals surface area contributed by atoms with Crippen LogP contribution in [0.15, 0.2) is 87.0 Å². The molecule has 16 N–H and O–H groups in total. The predicted octanol–water partition coefficient (Wildman–Crippen LogP) is 4.32. The minimum absolute atomic E-state index is 0. The molecular formula is C80H90N16O12Zn3. The maximum absolute atomic E-state index is 11.4. The van der Waals surface area contributed by atoms with E-state index in [1.165, 1.54) is 0 Å². The molecule has 28 nitrogen and oxygen atoms in total. The van der Waals surface area contributed by atoms with Crippen LogP contribution in [-0.2, 0) is 100 Å². The molecule has 4 aliphatic rings. The Bertz CT molecular complexity index is 4850. The van der Waals surface area contributed by atoms with Gasteiger partial charge in [-0.2, -0.15) is 0 Å². The summed E-state index contributed by atoms with van der Waals surface area (Å²) in [5.74, 6) is -7.32. The maximum atomic E-state index is 11.4. The molecule has 2 atom stereocenters. The van der Waals surface area contributed by atoms with Crippen molar-refractivity contribution in [3.05, 3.63) is 177 Å². The van der Waals surface area contributed by atoms with Gasteiger partial charge in [0.1, 0.15) is 0 Å². The van der Waals surface area contributed by atoms with E-state index >= 15 is 0 Å². The van der Waals surface area contributed by atoms with Crippen molar-refractivity contribution in [3.63, 3.8) is 0 Å². The molecular weight excluding hydrogens is 1570 g/mol. The van der Waals surface area contributed by atoms with E-state index in [4.69, 9.17) is 53.7 Å². The van der Waals surface area contributed by atoms with Gasteiger partial charge >= 0.3 is 58.4 Å². The van der Waals surface area contributed by atoms with Crippen LogP contribution >= 0.6 is 0 Å². The Balaban J connectivity index is 0.000000355. The Labute approximate surface area is 680 Å². The largest absolute Gasteiger partial charge is 2.00 e. The van der Waals surface area contributed by atoms with Crippen molar-refractivity contribution in [2.75, 3.05) is 13.1 Å². The van der Waals surface area contributed by atoms with E-state index < -0.39 is 47.9 Å². The van der Waals surface area contributed by atoms with Crippen LogP contribution in [-0.4, -0.2) is 113 Å². The van der Waals surface area contributed by atoms with Gasteiger partial charge < -0.3 is 113 Å². The van der Waals surface area contributed by atoms with Gasteiger partial charge in [-0.05, 0) is 248 Å².